The van der Waals surface area contributed by atoms with Gasteiger partial charge in [-0.2, -0.15) is 0 Å². The van der Waals surface area contributed by atoms with E-state index in [1.807, 2.05) is 30.3 Å². The van der Waals surface area contributed by atoms with Crippen molar-refractivity contribution >= 4 is 32.7 Å². The van der Waals surface area contributed by atoms with Crippen molar-refractivity contribution in [2.24, 2.45) is 0 Å². The Hall–Kier alpha value is -1.42. The number of carbonyl (C=O) groups excluding carboxylic acids is 1. The number of alkyl halides is 1. The minimum Gasteiger partial charge on any atom is -0.351 e. The minimum atomic E-state index is -0.0930. The van der Waals surface area contributed by atoms with Gasteiger partial charge in [0.25, 0.3) is 5.91 Å². The van der Waals surface area contributed by atoms with E-state index in [9.17, 15) is 4.79 Å². The number of amides is 1. The highest BCUT2D eigenvalue weighted by Gasteiger charge is 2.06. The second-order valence-electron chi connectivity index (χ2n) is 4.39. The van der Waals surface area contributed by atoms with Crippen molar-refractivity contribution in [2.75, 3.05) is 11.9 Å². The van der Waals surface area contributed by atoms with Gasteiger partial charge < -0.3 is 5.32 Å². The molecule has 1 aromatic heterocycles. The van der Waals surface area contributed by atoms with Gasteiger partial charge in [-0.1, -0.05) is 46.6 Å². The zero-order chi connectivity index (χ0) is 13.5. The molecule has 0 radical (unpaired) electrons. The van der Waals surface area contributed by atoms with E-state index < -0.39 is 0 Å². The predicted molar refractivity (Wildman–Crippen MR) is 81.7 cm³/mol. The van der Waals surface area contributed by atoms with Gasteiger partial charge in [0, 0.05) is 17.3 Å². The van der Waals surface area contributed by atoms with Crippen LogP contribution >= 0.6 is 15.9 Å². The molecule has 0 atom stereocenters. The lowest BCUT2D eigenvalue weighted by Crippen LogP contribution is -2.25. The fraction of sp³-hybridized carbons (Fsp3) is 0.333. The van der Waals surface area contributed by atoms with Crippen molar-refractivity contribution in [3.05, 3.63) is 42.1 Å². The molecule has 0 saturated carbocycles. The number of nitrogens with zero attached hydrogens (tertiary/aromatic N) is 1. The summed E-state index contributed by atoms with van der Waals surface area (Å²) in [6.45, 7) is 0.709. The van der Waals surface area contributed by atoms with E-state index in [0.717, 1.165) is 35.5 Å². The van der Waals surface area contributed by atoms with Crippen LogP contribution in [0, 0.1) is 0 Å². The van der Waals surface area contributed by atoms with E-state index in [4.69, 9.17) is 0 Å². The average molecular weight is 321 g/mol. The third kappa shape index (κ3) is 4.03. The van der Waals surface area contributed by atoms with Crippen molar-refractivity contribution in [2.45, 2.75) is 19.3 Å². The summed E-state index contributed by atoms with van der Waals surface area (Å²) in [5.74, 6) is -0.0930. The molecule has 1 heterocycles. The molecule has 0 aliphatic carbocycles. The molecule has 1 N–H and O–H groups in total. The van der Waals surface area contributed by atoms with Crippen molar-refractivity contribution < 1.29 is 4.79 Å². The summed E-state index contributed by atoms with van der Waals surface area (Å²) in [5.41, 5.74) is 1.34. The van der Waals surface area contributed by atoms with Crippen LogP contribution in [0.4, 0.5) is 0 Å². The Kier molecular flexibility index (Phi) is 5.33. The van der Waals surface area contributed by atoms with Crippen LogP contribution in [-0.4, -0.2) is 22.8 Å². The van der Waals surface area contributed by atoms with Crippen LogP contribution in [-0.2, 0) is 0 Å². The third-order valence-corrected chi connectivity index (χ3v) is 3.49. The van der Waals surface area contributed by atoms with Gasteiger partial charge in [0.2, 0.25) is 0 Å². The Bertz CT molecular complexity index is 557. The fourth-order valence-corrected chi connectivity index (χ4v) is 2.28. The number of para-hydroxylation sites is 1. The first-order valence-electron chi connectivity index (χ1n) is 6.51. The fourth-order valence-electron chi connectivity index (χ4n) is 1.88. The number of halogens is 1. The van der Waals surface area contributed by atoms with Gasteiger partial charge in [-0.3, -0.25) is 4.79 Å². The van der Waals surface area contributed by atoms with Crippen LogP contribution in [0.5, 0.6) is 0 Å². The molecular weight excluding hydrogens is 304 g/mol. The summed E-state index contributed by atoms with van der Waals surface area (Å²) in [6.07, 6.45) is 3.27. The van der Waals surface area contributed by atoms with Gasteiger partial charge in [0.15, 0.2) is 0 Å². The molecule has 0 spiro atoms. The number of unbranched alkanes of at least 4 members (excludes halogenated alkanes) is 2. The number of aromatic nitrogens is 1. The molecule has 1 amide bonds. The Labute approximate surface area is 121 Å². The lowest BCUT2D eigenvalue weighted by Gasteiger charge is -2.05. The van der Waals surface area contributed by atoms with Crippen LogP contribution < -0.4 is 5.32 Å². The molecule has 1 aromatic carbocycles. The van der Waals surface area contributed by atoms with Crippen LogP contribution in [0.2, 0.25) is 0 Å². The predicted octanol–water partition coefficient (Wildman–Crippen LogP) is 3.53. The van der Waals surface area contributed by atoms with Gasteiger partial charge in [-0.25, -0.2) is 4.98 Å². The second-order valence-corrected chi connectivity index (χ2v) is 5.19. The lowest BCUT2D eigenvalue weighted by molar-refractivity contribution is 0.0948. The minimum absolute atomic E-state index is 0.0930. The molecule has 0 bridgehead atoms. The Morgan fingerprint density at radius 1 is 1.11 bits per heavy atom. The molecule has 0 saturated heterocycles. The molecular formula is C15H17BrN2O. The number of hydrogen-bond donors (Lipinski definition) is 1. The second kappa shape index (κ2) is 7.24. The topological polar surface area (TPSA) is 42.0 Å². The molecule has 0 aliphatic heterocycles. The highest BCUT2D eigenvalue weighted by atomic mass is 79.9. The van der Waals surface area contributed by atoms with Crippen LogP contribution in [0.3, 0.4) is 0 Å². The summed E-state index contributed by atoms with van der Waals surface area (Å²) in [7, 11) is 0. The van der Waals surface area contributed by atoms with Gasteiger partial charge in [-0.15, -0.1) is 0 Å². The molecule has 0 fully saturated rings. The van der Waals surface area contributed by atoms with Crippen molar-refractivity contribution in [3.8, 4) is 0 Å². The molecule has 100 valence electrons. The molecule has 2 aromatic rings. The smallest absolute Gasteiger partial charge is 0.269 e. The molecule has 2 rings (SSSR count). The maximum atomic E-state index is 11.9. The first-order chi connectivity index (χ1) is 9.31. The molecule has 0 unspecified atom stereocenters. The van der Waals surface area contributed by atoms with E-state index in [1.165, 1.54) is 0 Å². The SMILES string of the molecule is O=C(NCCCCCBr)c1ccc2ccccc2n1. The lowest BCUT2D eigenvalue weighted by atomic mass is 10.2. The van der Waals surface area contributed by atoms with Gasteiger partial charge in [-0.05, 0) is 25.0 Å². The molecule has 3 nitrogen and oxygen atoms in total. The van der Waals surface area contributed by atoms with Crippen LogP contribution in [0.25, 0.3) is 10.9 Å². The maximum absolute atomic E-state index is 11.9. The highest BCUT2D eigenvalue weighted by molar-refractivity contribution is 9.09. The van der Waals surface area contributed by atoms with E-state index in [-0.39, 0.29) is 5.91 Å². The first kappa shape index (κ1) is 14.0. The maximum Gasteiger partial charge on any atom is 0.269 e. The summed E-state index contributed by atoms with van der Waals surface area (Å²) >= 11 is 3.39. The number of nitrogens with one attached hydrogen (secondary N) is 1. The largest absolute Gasteiger partial charge is 0.351 e. The summed E-state index contributed by atoms with van der Waals surface area (Å²) in [6, 6.07) is 11.5. The third-order valence-electron chi connectivity index (χ3n) is 2.93. The number of rotatable bonds is 6. The van der Waals surface area contributed by atoms with Crippen molar-refractivity contribution in [1.82, 2.24) is 10.3 Å². The van der Waals surface area contributed by atoms with Gasteiger partial charge in [0.05, 0.1) is 5.52 Å². The number of carbonyl (C=O) groups is 1. The number of fused-ring (bicyclic) bond motifs is 1. The number of hydrogen-bond acceptors (Lipinski definition) is 2. The summed E-state index contributed by atoms with van der Waals surface area (Å²) < 4.78 is 0. The number of pyridine rings is 1. The van der Waals surface area contributed by atoms with Crippen molar-refractivity contribution in [1.29, 1.82) is 0 Å². The zero-order valence-corrected chi connectivity index (χ0v) is 12.3. The Morgan fingerprint density at radius 2 is 1.95 bits per heavy atom. The normalized spacial score (nSPS) is 10.6. The Morgan fingerprint density at radius 3 is 2.79 bits per heavy atom. The van der Waals surface area contributed by atoms with Gasteiger partial charge in [0.1, 0.15) is 5.69 Å². The molecule has 0 aliphatic rings. The summed E-state index contributed by atoms with van der Waals surface area (Å²) in [5, 5.41) is 4.98. The zero-order valence-electron chi connectivity index (χ0n) is 10.7. The number of benzene rings is 1. The monoisotopic (exact) mass is 320 g/mol. The van der Waals surface area contributed by atoms with Crippen LogP contribution in [0.1, 0.15) is 29.8 Å². The van der Waals surface area contributed by atoms with E-state index in [0.29, 0.717) is 12.2 Å². The van der Waals surface area contributed by atoms with Crippen molar-refractivity contribution in [3.63, 3.8) is 0 Å². The standard InChI is InChI=1S/C15H17BrN2O/c16-10-4-1-5-11-17-15(19)14-9-8-12-6-2-3-7-13(12)18-14/h2-3,6-9H,1,4-5,10-11H2,(H,17,19). The van der Waals surface area contributed by atoms with E-state index in [2.05, 4.69) is 26.2 Å². The quantitative estimate of drug-likeness (QED) is 0.653. The van der Waals surface area contributed by atoms with E-state index in [1.54, 1.807) is 6.07 Å². The molecule has 4 heteroatoms. The summed E-state index contributed by atoms with van der Waals surface area (Å²) in [4.78, 5) is 16.3. The van der Waals surface area contributed by atoms with E-state index >= 15 is 0 Å². The molecule has 19 heavy (non-hydrogen) atoms. The average Bonchev–Trinajstić information content (AvgIpc) is 2.46. The first-order valence-corrected chi connectivity index (χ1v) is 7.63. The van der Waals surface area contributed by atoms with Gasteiger partial charge >= 0.3 is 0 Å². The Balaban J connectivity index is 1.93. The van der Waals surface area contributed by atoms with Crippen LogP contribution in [0.15, 0.2) is 36.4 Å². The highest BCUT2D eigenvalue weighted by Crippen LogP contribution is 2.11.